The molecule has 19 heavy (non-hydrogen) atoms. The van der Waals surface area contributed by atoms with E-state index in [2.05, 4.69) is 0 Å². The number of hydrogen-bond acceptors (Lipinski definition) is 4. The Balaban J connectivity index is 1.56. The zero-order valence-corrected chi connectivity index (χ0v) is 11.7. The molecule has 1 amide bonds. The van der Waals surface area contributed by atoms with Gasteiger partial charge in [-0.25, -0.2) is 0 Å². The predicted molar refractivity (Wildman–Crippen MR) is 73.0 cm³/mol. The van der Waals surface area contributed by atoms with Gasteiger partial charge in [0.05, 0.1) is 19.6 Å². The van der Waals surface area contributed by atoms with Gasteiger partial charge in [-0.1, -0.05) is 6.07 Å². The molecular formula is C14H19NO3S. The second-order valence-electron chi connectivity index (χ2n) is 5.11. The average Bonchev–Trinajstić information content (AvgIpc) is 3.12. The Hall–Kier alpha value is -0.910. The van der Waals surface area contributed by atoms with Crippen LogP contribution in [0.15, 0.2) is 17.5 Å². The molecule has 104 valence electrons. The van der Waals surface area contributed by atoms with E-state index in [1.807, 2.05) is 22.4 Å². The number of likely N-dealkylation sites (tertiary alicyclic amines) is 1. The number of ether oxygens (including phenoxy) is 2. The third kappa shape index (κ3) is 3.16. The van der Waals surface area contributed by atoms with Crippen LogP contribution in [-0.2, 0) is 20.7 Å². The quantitative estimate of drug-likeness (QED) is 0.849. The van der Waals surface area contributed by atoms with Crippen LogP contribution in [0.2, 0.25) is 0 Å². The van der Waals surface area contributed by atoms with Crippen molar-refractivity contribution in [3.63, 3.8) is 0 Å². The van der Waals surface area contributed by atoms with E-state index >= 15 is 0 Å². The fourth-order valence-corrected chi connectivity index (χ4v) is 3.48. The zero-order chi connectivity index (χ0) is 13.1. The van der Waals surface area contributed by atoms with Crippen molar-refractivity contribution < 1.29 is 14.3 Å². The van der Waals surface area contributed by atoms with Crippen molar-refractivity contribution in [1.29, 1.82) is 0 Å². The van der Waals surface area contributed by atoms with E-state index in [0.29, 0.717) is 25.6 Å². The van der Waals surface area contributed by atoms with Gasteiger partial charge in [-0.3, -0.25) is 4.79 Å². The van der Waals surface area contributed by atoms with Crippen LogP contribution in [0.3, 0.4) is 0 Å². The second-order valence-corrected chi connectivity index (χ2v) is 6.14. The summed E-state index contributed by atoms with van der Waals surface area (Å²) >= 11 is 1.64. The number of piperidine rings is 1. The highest BCUT2D eigenvalue weighted by Gasteiger charge is 2.32. The summed E-state index contributed by atoms with van der Waals surface area (Å²) in [5.74, 6) is 0.564. The largest absolute Gasteiger partial charge is 0.350 e. The van der Waals surface area contributed by atoms with Gasteiger partial charge in [0.1, 0.15) is 0 Å². The SMILES string of the molecule is O=C(Cc1cccs1)N1CCCC(C2OCCO2)C1. The van der Waals surface area contributed by atoms with E-state index in [0.717, 1.165) is 30.8 Å². The van der Waals surface area contributed by atoms with Gasteiger partial charge in [-0.05, 0) is 24.3 Å². The number of thiophene rings is 1. The van der Waals surface area contributed by atoms with Gasteiger partial charge >= 0.3 is 0 Å². The maximum absolute atomic E-state index is 12.3. The molecule has 0 bridgehead atoms. The van der Waals surface area contributed by atoms with Crippen LogP contribution >= 0.6 is 11.3 Å². The van der Waals surface area contributed by atoms with Crippen molar-refractivity contribution in [3.05, 3.63) is 22.4 Å². The standard InChI is InChI=1S/C14H19NO3S/c16-13(9-12-4-2-8-19-12)15-5-1-3-11(10-15)14-17-6-7-18-14/h2,4,8,11,14H,1,3,5-7,9-10H2. The third-order valence-electron chi connectivity index (χ3n) is 3.75. The maximum Gasteiger partial charge on any atom is 0.227 e. The number of carbonyl (C=O) groups excluding carboxylic acids is 1. The van der Waals surface area contributed by atoms with E-state index in [1.165, 1.54) is 0 Å². The monoisotopic (exact) mass is 281 g/mol. The minimum atomic E-state index is -0.0997. The maximum atomic E-state index is 12.3. The van der Waals surface area contributed by atoms with Crippen LogP contribution in [0, 0.1) is 5.92 Å². The summed E-state index contributed by atoms with van der Waals surface area (Å²) in [6.07, 6.45) is 2.56. The molecule has 4 nitrogen and oxygen atoms in total. The van der Waals surface area contributed by atoms with E-state index in [4.69, 9.17) is 9.47 Å². The molecule has 3 heterocycles. The Labute approximate surface area is 117 Å². The van der Waals surface area contributed by atoms with Crippen molar-refractivity contribution >= 4 is 17.2 Å². The van der Waals surface area contributed by atoms with Gasteiger partial charge in [-0.2, -0.15) is 0 Å². The lowest BCUT2D eigenvalue weighted by Gasteiger charge is -2.34. The van der Waals surface area contributed by atoms with Gasteiger partial charge in [-0.15, -0.1) is 11.3 Å². The first kappa shape index (κ1) is 13.1. The van der Waals surface area contributed by atoms with E-state index in [9.17, 15) is 4.79 Å². The molecule has 1 atom stereocenters. The molecule has 2 saturated heterocycles. The summed E-state index contributed by atoms with van der Waals surface area (Å²) in [5, 5.41) is 2.02. The first-order chi connectivity index (χ1) is 9.33. The van der Waals surface area contributed by atoms with Crippen molar-refractivity contribution in [2.45, 2.75) is 25.6 Å². The first-order valence-corrected chi connectivity index (χ1v) is 7.74. The Bertz CT molecular complexity index is 414. The lowest BCUT2D eigenvalue weighted by molar-refractivity contribution is -0.138. The van der Waals surface area contributed by atoms with Crippen molar-refractivity contribution in [3.8, 4) is 0 Å². The van der Waals surface area contributed by atoms with Crippen molar-refractivity contribution in [2.75, 3.05) is 26.3 Å². The first-order valence-electron chi connectivity index (χ1n) is 6.86. The van der Waals surface area contributed by atoms with Gasteiger partial charge in [0.2, 0.25) is 5.91 Å². The molecule has 1 aromatic heterocycles. The number of hydrogen-bond donors (Lipinski definition) is 0. The number of rotatable bonds is 3. The molecule has 5 heteroatoms. The fourth-order valence-electron chi connectivity index (χ4n) is 2.78. The van der Waals surface area contributed by atoms with Gasteiger partial charge in [0.15, 0.2) is 6.29 Å². The van der Waals surface area contributed by atoms with Crippen LogP contribution < -0.4 is 0 Å². The summed E-state index contributed by atoms with van der Waals surface area (Å²) in [5.41, 5.74) is 0. The van der Waals surface area contributed by atoms with Crippen LogP contribution in [0.1, 0.15) is 17.7 Å². The minimum Gasteiger partial charge on any atom is -0.350 e. The molecule has 0 N–H and O–H groups in total. The summed E-state index contributed by atoms with van der Waals surface area (Å²) < 4.78 is 11.1. The molecule has 1 aromatic rings. The van der Waals surface area contributed by atoms with Gasteiger partial charge < -0.3 is 14.4 Å². The zero-order valence-electron chi connectivity index (χ0n) is 10.9. The molecule has 2 aliphatic heterocycles. The molecule has 1 unspecified atom stereocenters. The predicted octanol–water partition coefficient (Wildman–Crippen LogP) is 1.90. The van der Waals surface area contributed by atoms with E-state index in [-0.39, 0.29) is 12.2 Å². The molecule has 0 saturated carbocycles. The molecule has 0 spiro atoms. The lowest BCUT2D eigenvalue weighted by Crippen LogP contribution is -2.44. The highest BCUT2D eigenvalue weighted by molar-refractivity contribution is 7.10. The Morgan fingerprint density at radius 2 is 2.26 bits per heavy atom. The molecule has 0 aromatic carbocycles. The van der Waals surface area contributed by atoms with Crippen LogP contribution in [-0.4, -0.2) is 43.4 Å². The topological polar surface area (TPSA) is 38.8 Å². The smallest absolute Gasteiger partial charge is 0.227 e. The summed E-state index contributed by atoms with van der Waals surface area (Å²) in [6.45, 7) is 3.01. The van der Waals surface area contributed by atoms with Crippen LogP contribution in [0.5, 0.6) is 0 Å². The highest BCUT2D eigenvalue weighted by Crippen LogP contribution is 2.25. The lowest BCUT2D eigenvalue weighted by atomic mass is 9.97. The molecule has 0 aliphatic carbocycles. The van der Waals surface area contributed by atoms with Crippen molar-refractivity contribution in [1.82, 2.24) is 4.90 Å². The van der Waals surface area contributed by atoms with Gasteiger partial charge in [0, 0.05) is 23.9 Å². The van der Waals surface area contributed by atoms with Crippen LogP contribution in [0.25, 0.3) is 0 Å². The Kier molecular flexibility index (Phi) is 4.15. The molecule has 2 fully saturated rings. The second kappa shape index (κ2) is 6.03. The van der Waals surface area contributed by atoms with Crippen molar-refractivity contribution in [2.24, 2.45) is 5.92 Å². The fraction of sp³-hybridized carbons (Fsp3) is 0.643. The number of nitrogens with zero attached hydrogens (tertiary/aromatic N) is 1. The molecule has 2 aliphatic rings. The molecule has 0 radical (unpaired) electrons. The van der Waals surface area contributed by atoms with E-state index < -0.39 is 0 Å². The number of amides is 1. The minimum absolute atomic E-state index is 0.0997. The summed E-state index contributed by atoms with van der Waals surface area (Å²) in [6, 6.07) is 4.01. The third-order valence-corrected chi connectivity index (χ3v) is 4.62. The van der Waals surface area contributed by atoms with Gasteiger partial charge in [0.25, 0.3) is 0 Å². The summed E-state index contributed by atoms with van der Waals surface area (Å²) in [7, 11) is 0. The molecular weight excluding hydrogens is 262 g/mol. The molecule has 3 rings (SSSR count). The van der Waals surface area contributed by atoms with E-state index in [1.54, 1.807) is 11.3 Å². The Morgan fingerprint density at radius 1 is 1.42 bits per heavy atom. The highest BCUT2D eigenvalue weighted by atomic mass is 32.1. The van der Waals surface area contributed by atoms with Crippen LogP contribution in [0.4, 0.5) is 0 Å². The average molecular weight is 281 g/mol. The number of carbonyl (C=O) groups is 1. The summed E-state index contributed by atoms with van der Waals surface area (Å²) in [4.78, 5) is 15.4. The normalized spacial score (nSPS) is 24.8. The Morgan fingerprint density at radius 3 is 3.00 bits per heavy atom.